The van der Waals surface area contributed by atoms with Gasteiger partial charge in [0.25, 0.3) is 5.82 Å². The number of hydrogen-bond acceptors (Lipinski definition) is 8. The third-order valence-electron chi connectivity index (χ3n) is 2.44. The van der Waals surface area contributed by atoms with E-state index in [1.165, 1.54) is 25.4 Å². The second-order valence-corrected chi connectivity index (χ2v) is 4.57. The molecule has 0 atom stereocenters. The molecule has 0 aliphatic carbocycles. The van der Waals surface area contributed by atoms with Crippen molar-refractivity contribution in [2.75, 3.05) is 0 Å². The highest BCUT2D eigenvalue weighted by Gasteiger charge is 2.22. The van der Waals surface area contributed by atoms with Crippen molar-refractivity contribution in [3.63, 3.8) is 0 Å². The Morgan fingerprint density at radius 2 is 2.33 bits per heavy atom. The molecule has 21 heavy (non-hydrogen) atoms. The Labute approximate surface area is 123 Å². The van der Waals surface area contributed by atoms with Gasteiger partial charge >= 0.3 is 11.8 Å². The molecule has 2 heterocycles. The molecule has 2 rings (SSSR count). The second kappa shape index (κ2) is 6.31. The lowest BCUT2D eigenvalue weighted by Gasteiger charge is -2.05. The third kappa shape index (κ3) is 3.34. The second-order valence-electron chi connectivity index (χ2n) is 3.87. The Hall–Kier alpha value is -2.49. The highest BCUT2D eigenvalue weighted by atomic mass is 32.2. The molecule has 0 bridgehead atoms. The van der Waals surface area contributed by atoms with Crippen molar-refractivity contribution in [2.45, 2.75) is 25.4 Å². The van der Waals surface area contributed by atoms with E-state index in [9.17, 15) is 14.9 Å². The highest BCUT2D eigenvalue weighted by Crippen LogP contribution is 2.22. The Balaban J connectivity index is 2.44. The molecule has 0 unspecified atom stereocenters. The molecule has 9 nitrogen and oxygen atoms in total. The Kier molecular flexibility index (Phi) is 4.48. The number of nitrogens with zero attached hydrogens (tertiary/aromatic N) is 5. The molecule has 0 amide bonds. The number of carbonyl (C=O) groups is 1. The molecule has 2 aromatic heterocycles. The van der Waals surface area contributed by atoms with E-state index in [2.05, 4.69) is 15.1 Å². The van der Waals surface area contributed by atoms with Crippen LogP contribution >= 0.6 is 12.0 Å². The van der Waals surface area contributed by atoms with E-state index in [0.29, 0.717) is 29.8 Å². The molecule has 0 N–H and O–H groups in total. The van der Waals surface area contributed by atoms with E-state index in [-0.39, 0.29) is 11.0 Å². The van der Waals surface area contributed by atoms with E-state index in [1.54, 1.807) is 0 Å². The first-order valence-corrected chi connectivity index (χ1v) is 6.67. The predicted molar refractivity (Wildman–Crippen MR) is 72.8 cm³/mol. The summed E-state index contributed by atoms with van der Waals surface area (Å²) in [6, 6.07) is 1.28. The van der Waals surface area contributed by atoms with Gasteiger partial charge in [-0.3, -0.25) is 4.79 Å². The minimum absolute atomic E-state index is 0.169. The molecular formula is C11H11N5O4S. The average Bonchev–Trinajstić information content (AvgIpc) is 2.94. The fourth-order valence-electron chi connectivity index (χ4n) is 1.55. The van der Waals surface area contributed by atoms with Crippen molar-refractivity contribution in [1.82, 2.24) is 19.7 Å². The Bertz CT molecular complexity index is 687. The lowest BCUT2D eigenvalue weighted by atomic mass is 10.2. The summed E-state index contributed by atoms with van der Waals surface area (Å²) >= 11 is 0.691. The fraction of sp³-hybridized carbons (Fsp3) is 0.273. The largest absolute Gasteiger partial charge is 0.383 e. The zero-order valence-corrected chi connectivity index (χ0v) is 12.0. The molecule has 0 aliphatic heterocycles. The maximum atomic E-state index is 11.0. The van der Waals surface area contributed by atoms with Crippen LogP contribution in [0.3, 0.4) is 0 Å². The van der Waals surface area contributed by atoms with Crippen LogP contribution in [-0.4, -0.2) is 30.6 Å². The van der Waals surface area contributed by atoms with Crippen LogP contribution < -0.4 is 0 Å². The maximum Gasteiger partial charge on any atom is 0.351 e. The smallest absolute Gasteiger partial charge is 0.351 e. The van der Waals surface area contributed by atoms with Crippen LogP contribution in [0.25, 0.3) is 5.82 Å². The molecule has 10 heteroatoms. The first-order chi connectivity index (χ1) is 10.0. The molecule has 0 aromatic carbocycles. The fourth-order valence-corrected chi connectivity index (χ4v) is 1.96. The molecule has 0 radical (unpaired) electrons. The van der Waals surface area contributed by atoms with Crippen LogP contribution in [0.1, 0.15) is 19.4 Å². The van der Waals surface area contributed by atoms with Crippen LogP contribution in [0, 0.1) is 10.1 Å². The number of nitro groups is 1. The van der Waals surface area contributed by atoms with Crippen LogP contribution in [0.2, 0.25) is 0 Å². The quantitative estimate of drug-likeness (QED) is 0.355. The van der Waals surface area contributed by atoms with Crippen molar-refractivity contribution in [1.29, 1.82) is 0 Å². The molecule has 0 spiro atoms. The van der Waals surface area contributed by atoms with E-state index in [1.807, 2.05) is 6.92 Å². The van der Waals surface area contributed by atoms with Crippen molar-refractivity contribution in [2.24, 2.45) is 0 Å². The van der Waals surface area contributed by atoms with Gasteiger partial charge in [0.15, 0.2) is 0 Å². The van der Waals surface area contributed by atoms with Gasteiger partial charge in [-0.15, -0.1) is 0 Å². The van der Waals surface area contributed by atoms with E-state index in [4.69, 9.17) is 4.18 Å². The van der Waals surface area contributed by atoms with E-state index >= 15 is 0 Å². The topological polar surface area (TPSA) is 113 Å². The lowest BCUT2D eigenvalue weighted by molar-refractivity contribution is -0.391. The summed E-state index contributed by atoms with van der Waals surface area (Å²) in [6.45, 7) is 3.13. The molecule has 0 fully saturated rings. The maximum absolute atomic E-state index is 11.0. The number of aryl methyl sites for hydroxylation is 1. The standard InChI is InChI=1S/C11H11N5O4S/c1-3-8-6-12-11(21-20-7(2)17)14-10(8)15-9(16(18)19)4-5-13-15/h4-6H,3H2,1-2H3. The molecule has 0 saturated heterocycles. The highest BCUT2D eigenvalue weighted by molar-refractivity contribution is 7.94. The summed E-state index contributed by atoms with van der Waals surface area (Å²) < 4.78 is 5.86. The Morgan fingerprint density at radius 3 is 2.95 bits per heavy atom. The Morgan fingerprint density at radius 1 is 1.57 bits per heavy atom. The number of carbonyl (C=O) groups excluding carboxylic acids is 1. The molecule has 0 saturated carbocycles. The van der Waals surface area contributed by atoms with Gasteiger partial charge in [-0.2, -0.15) is 4.98 Å². The van der Waals surface area contributed by atoms with Gasteiger partial charge in [0.1, 0.15) is 12.0 Å². The normalized spacial score (nSPS) is 10.4. The van der Waals surface area contributed by atoms with Crippen molar-refractivity contribution in [3.05, 3.63) is 34.1 Å². The van der Waals surface area contributed by atoms with Gasteiger partial charge in [-0.05, 0) is 11.3 Å². The first-order valence-electron chi connectivity index (χ1n) is 5.92. The van der Waals surface area contributed by atoms with E-state index < -0.39 is 10.9 Å². The minimum Gasteiger partial charge on any atom is -0.383 e. The summed E-state index contributed by atoms with van der Waals surface area (Å²) in [7, 11) is 0. The number of hydrogen-bond donors (Lipinski definition) is 0. The zero-order valence-electron chi connectivity index (χ0n) is 11.2. The summed E-state index contributed by atoms with van der Waals surface area (Å²) in [4.78, 5) is 29.4. The van der Waals surface area contributed by atoms with Crippen LogP contribution in [0.4, 0.5) is 5.82 Å². The summed E-state index contributed by atoms with van der Waals surface area (Å²) in [6.07, 6.45) is 3.42. The summed E-state index contributed by atoms with van der Waals surface area (Å²) in [5, 5.41) is 15.1. The van der Waals surface area contributed by atoms with Gasteiger partial charge in [0.2, 0.25) is 5.16 Å². The molecule has 0 aliphatic rings. The van der Waals surface area contributed by atoms with Crippen molar-refractivity contribution < 1.29 is 13.9 Å². The van der Waals surface area contributed by atoms with Crippen LogP contribution in [0.5, 0.6) is 0 Å². The van der Waals surface area contributed by atoms with E-state index in [0.717, 1.165) is 4.68 Å². The van der Waals surface area contributed by atoms with Gasteiger partial charge in [-0.1, -0.05) is 16.7 Å². The molecule has 110 valence electrons. The lowest BCUT2D eigenvalue weighted by Crippen LogP contribution is -2.09. The van der Waals surface area contributed by atoms with Gasteiger partial charge in [-0.25, -0.2) is 4.98 Å². The van der Waals surface area contributed by atoms with Gasteiger partial charge < -0.3 is 14.3 Å². The first kappa shape index (κ1) is 14.9. The predicted octanol–water partition coefficient (Wildman–Crippen LogP) is 1.70. The zero-order chi connectivity index (χ0) is 15.4. The monoisotopic (exact) mass is 309 g/mol. The average molecular weight is 309 g/mol. The van der Waals surface area contributed by atoms with Crippen LogP contribution in [-0.2, 0) is 15.4 Å². The van der Waals surface area contributed by atoms with Crippen molar-refractivity contribution in [3.8, 4) is 5.82 Å². The SMILES string of the molecule is CCc1cnc(SOC(C)=O)nc1-n1nccc1[N+](=O)[O-]. The third-order valence-corrected chi connectivity index (χ3v) is 3.11. The molecule has 2 aromatic rings. The van der Waals surface area contributed by atoms with Crippen LogP contribution in [0.15, 0.2) is 23.6 Å². The molecular weight excluding hydrogens is 298 g/mol. The number of rotatable bonds is 5. The van der Waals surface area contributed by atoms with Crippen molar-refractivity contribution >= 4 is 23.8 Å². The van der Waals surface area contributed by atoms with Gasteiger partial charge in [0, 0.05) is 18.7 Å². The summed E-state index contributed by atoms with van der Waals surface area (Å²) in [5.41, 5.74) is 0.689. The van der Waals surface area contributed by atoms with Gasteiger partial charge in [0.05, 0.1) is 12.3 Å². The summed E-state index contributed by atoms with van der Waals surface area (Å²) in [5.74, 6) is -0.402. The number of aromatic nitrogens is 4. The minimum atomic E-state index is -0.548.